The van der Waals surface area contributed by atoms with Gasteiger partial charge in [0.15, 0.2) is 11.6 Å². The van der Waals surface area contributed by atoms with Crippen LogP contribution >= 0.6 is 11.8 Å². The van der Waals surface area contributed by atoms with Crippen molar-refractivity contribution in [3.63, 3.8) is 0 Å². The highest BCUT2D eigenvalue weighted by Crippen LogP contribution is 2.30. The number of thioether (sulfide) groups is 1. The lowest BCUT2D eigenvalue weighted by atomic mass is 10.1. The van der Waals surface area contributed by atoms with Gasteiger partial charge in [0.05, 0.1) is 16.3 Å². The SMILES string of the molecule is CNS(=O)(=O)c1ccc(SC)c(Nc2cc(Cc3ccc(F)c(F)c3)ncn2)c1. The molecule has 0 atom stereocenters. The van der Waals surface area contributed by atoms with Crippen molar-refractivity contribution >= 4 is 33.3 Å². The first kappa shape index (κ1) is 21.2. The number of nitrogens with one attached hydrogen (secondary N) is 2. The minimum absolute atomic E-state index is 0.122. The van der Waals surface area contributed by atoms with Gasteiger partial charge in [-0.1, -0.05) is 6.07 Å². The minimum Gasteiger partial charge on any atom is -0.339 e. The Bertz CT molecular complexity index is 1140. The van der Waals surface area contributed by atoms with E-state index in [0.29, 0.717) is 22.8 Å². The maximum atomic E-state index is 13.4. The molecule has 0 aliphatic heterocycles. The Hall–Kier alpha value is -2.56. The highest BCUT2D eigenvalue weighted by atomic mass is 32.2. The minimum atomic E-state index is -3.59. The summed E-state index contributed by atoms with van der Waals surface area (Å²) in [5.74, 6) is -1.37. The Morgan fingerprint density at radius 2 is 1.83 bits per heavy atom. The van der Waals surface area contributed by atoms with Crippen LogP contribution in [0.3, 0.4) is 0 Å². The molecule has 0 saturated heterocycles. The summed E-state index contributed by atoms with van der Waals surface area (Å²) in [5.41, 5.74) is 1.74. The quantitative estimate of drug-likeness (QED) is 0.549. The van der Waals surface area contributed by atoms with E-state index in [-0.39, 0.29) is 11.3 Å². The number of anilines is 2. The van der Waals surface area contributed by atoms with E-state index in [1.807, 2.05) is 6.26 Å². The summed E-state index contributed by atoms with van der Waals surface area (Å²) in [4.78, 5) is 9.28. The second-order valence-electron chi connectivity index (χ2n) is 6.01. The van der Waals surface area contributed by atoms with Gasteiger partial charge in [-0.25, -0.2) is 31.9 Å². The lowest BCUT2D eigenvalue weighted by Crippen LogP contribution is -2.18. The third-order valence-corrected chi connectivity index (χ3v) is 6.31. The molecule has 0 fully saturated rings. The van der Waals surface area contributed by atoms with E-state index in [1.54, 1.807) is 12.1 Å². The van der Waals surface area contributed by atoms with Crippen LogP contribution in [0.4, 0.5) is 20.3 Å². The highest BCUT2D eigenvalue weighted by Gasteiger charge is 2.14. The zero-order valence-corrected chi connectivity index (χ0v) is 17.2. The molecule has 1 aromatic heterocycles. The lowest BCUT2D eigenvalue weighted by Gasteiger charge is -2.13. The standard InChI is InChI=1S/C19H18F2N4O2S2/c1-22-29(26,27)14-4-6-18(28-2)17(10-14)25-19-9-13(23-11-24-19)7-12-3-5-15(20)16(21)8-12/h3-6,8-11,22H,7H2,1-2H3,(H,23,24,25). The monoisotopic (exact) mass is 436 g/mol. The van der Waals surface area contributed by atoms with E-state index in [4.69, 9.17) is 0 Å². The Labute approximate surface area is 171 Å². The van der Waals surface area contributed by atoms with E-state index in [1.165, 1.54) is 43.3 Å². The Balaban J connectivity index is 1.88. The smallest absolute Gasteiger partial charge is 0.240 e. The average Bonchev–Trinajstić information content (AvgIpc) is 2.71. The molecule has 0 unspecified atom stereocenters. The van der Waals surface area contributed by atoms with E-state index in [9.17, 15) is 17.2 Å². The fraction of sp³-hybridized carbons (Fsp3) is 0.158. The van der Waals surface area contributed by atoms with E-state index >= 15 is 0 Å². The van der Waals surface area contributed by atoms with Crippen molar-refractivity contribution in [1.82, 2.24) is 14.7 Å². The van der Waals surface area contributed by atoms with Crippen LogP contribution < -0.4 is 10.0 Å². The van der Waals surface area contributed by atoms with Crippen LogP contribution in [0.5, 0.6) is 0 Å². The molecule has 0 amide bonds. The van der Waals surface area contributed by atoms with Gasteiger partial charge in [-0.15, -0.1) is 11.8 Å². The topological polar surface area (TPSA) is 84.0 Å². The lowest BCUT2D eigenvalue weighted by molar-refractivity contribution is 0.507. The third-order valence-electron chi connectivity index (χ3n) is 4.11. The number of aromatic nitrogens is 2. The van der Waals surface area contributed by atoms with Gasteiger partial charge in [-0.2, -0.15) is 0 Å². The maximum absolute atomic E-state index is 13.4. The number of benzene rings is 2. The maximum Gasteiger partial charge on any atom is 0.240 e. The van der Waals surface area contributed by atoms with Gasteiger partial charge in [0, 0.05) is 17.4 Å². The van der Waals surface area contributed by atoms with Crippen molar-refractivity contribution in [2.24, 2.45) is 0 Å². The van der Waals surface area contributed by atoms with Gasteiger partial charge in [-0.05, 0) is 49.2 Å². The van der Waals surface area contributed by atoms with Crippen LogP contribution in [0.15, 0.2) is 58.6 Å². The van der Waals surface area contributed by atoms with Gasteiger partial charge < -0.3 is 5.32 Å². The van der Waals surface area contributed by atoms with Crippen LogP contribution in [-0.2, 0) is 16.4 Å². The van der Waals surface area contributed by atoms with Crippen molar-refractivity contribution in [3.05, 3.63) is 71.7 Å². The molecular formula is C19H18F2N4O2S2. The fourth-order valence-electron chi connectivity index (χ4n) is 2.63. The molecular weight excluding hydrogens is 418 g/mol. The van der Waals surface area contributed by atoms with Crippen LogP contribution in [0.1, 0.15) is 11.3 Å². The molecule has 0 bridgehead atoms. The zero-order chi connectivity index (χ0) is 21.0. The number of halogens is 2. The van der Waals surface area contributed by atoms with Crippen molar-refractivity contribution < 1.29 is 17.2 Å². The number of hydrogen-bond acceptors (Lipinski definition) is 6. The molecule has 0 radical (unpaired) electrons. The molecule has 0 saturated carbocycles. The largest absolute Gasteiger partial charge is 0.339 e. The Kier molecular flexibility index (Phi) is 6.46. The van der Waals surface area contributed by atoms with Crippen molar-refractivity contribution in [2.45, 2.75) is 16.2 Å². The molecule has 0 spiro atoms. The van der Waals surface area contributed by atoms with Gasteiger partial charge in [0.1, 0.15) is 12.1 Å². The summed E-state index contributed by atoms with van der Waals surface area (Å²) in [7, 11) is -2.25. The summed E-state index contributed by atoms with van der Waals surface area (Å²) in [6.45, 7) is 0. The number of sulfonamides is 1. The molecule has 10 heteroatoms. The van der Waals surface area contributed by atoms with E-state index in [2.05, 4.69) is 20.0 Å². The molecule has 2 aromatic carbocycles. The normalized spacial score (nSPS) is 11.4. The van der Waals surface area contributed by atoms with Crippen molar-refractivity contribution in [2.75, 3.05) is 18.6 Å². The number of nitrogens with zero attached hydrogens (tertiary/aromatic N) is 2. The second-order valence-corrected chi connectivity index (χ2v) is 8.75. The molecule has 152 valence electrons. The highest BCUT2D eigenvalue weighted by molar-refractivity contribution is 7.98. The first-order valence-electron chi connectivity index (χ1n) is 8.46. The third kappa shape index (κ3) is 5.08. The van der Waals surface area contributed by atoms with Gasteiger partial charge in [-0.3, -0.25) is 0 Å². The molecule has 3 aromatic rings. The summed E-state index contributed by atoms with van der Waals surface area (Å²) in [5, 5.41) is 3.11. The van der Waals surface area contributed by atoms with Gasteiger partial charge in [0.25, 0.3) is 0 Å². The molecule has 2 N–H and O–H groups in total. The van der Waals surface area contributed by atoms with Gasteiger partial charge in [0.2, 0.25) is 10.0 Å². The summed E-state index contributed by atoms with van der Waals surface area (Å²) < 4.78 is 53.0. The Morgan fingerprint density at radius 1 is 1.03 bits per heavy atom. The van der Waals surface area contributed by atoms with Crippen molar-refractivity contribution in [3.8, 4) is 0 Å². The summed E-state index contributed by atoms with van der Waals surface area (Å²) in [6.07, 6.45) is 3.52. The fourth-order valence-corrected chi connectivity index (χ4v) is 3.92. The van der Waals surface area contributed by atoms with E-state index < -0.39 is 21.7 Å². The molecule has 0 aliphatic carbocycles. The predicted octanol–water partition coefficient (Wildman–Crippen LogP) is 3.72. The van der Waals surface area contributed by atoms with Crippen molar-refractivity contribution in [1.29, 1.82) is 0 Å². The first-order chi connectivity index (χ1) is 13.8. The van der Waals surface area contributed by atoms with Crippen LogP contribution in [0.2, 0.25) is 0 Å². The molecule has 0 aliphatic rings. The summed E-state index contributed by atoms with van der Waals surface area (Å²) in [6, 6.07) is 10.1. The van der Waals surface area contributed by atoms with Gasteiger partial charge >= 0.3 is 0 Å². The summed E-state index contributed by atoms with van der Waals surface area (Å²) >= 11 is 1.45. The molecule has 29 heavy (non-hydrogen) atoms. The number of rotatable bonds is 7. The first-order valence-corrected chi connectivity index (χ1v) is 11.2. The van der Waals surface area contributed by atoms with Crippen LogP contribution in [-0.4, -0.2) is 31.7 Å². The molecule has 1 heterocycles. The van der Waals surface area contributed by atoms with Crippen LogP contribution in [0, 0.1) is 11.6 Å². The second kappa shape index (κ2) is 8.85. The predicted molar refractivity (Wildman–Crippen MR) is 109 cm³/mol. The Morgan fingerprint density at radius 3 is 2.52 bits per heavy atom. The average molecular weight is 437 g/mol. The molecule has 3 rings (SSSR count). The van der Waals surface area contributed by atoms with E-state index in [0.717, 1.165) is 17.0 Å². The zero-order valence-electron chi connectivity index (χ0n) is 15.6. The molecule has 6 nitrogen and oxygen atoms in total. The van der Waals surface area contributed by atoms with Crippen LogP contribution in [0.25, 0.3) is 0 Å². The number of hydrogen-bond donors (Lipinski definition) is 2.